The summed E-state index contributed by atoms with van der Waals surface area (Å²) < 4.78 is 4.20. The van der Waals surface area contributed by atoms with E-state index in [0.29, 0.717) is 0 Å². The minimum atomic E-state index is -0.260. The van der Waals surface area contributed by atoms with Gasteiger partial charge in [-0.25, -0.2) is 4.79 Å². The SMILES string of the molecule is CCSOC(=O)I. The van der Waals surface area contributed by atoms with Crippen molar-refractivity contribution in [2.45, 2.75) is 6.92 Å². The average molecular weight is 232 g/mol. The molecule has 0 aliphatic carbocycles. The van der Waals surface area contributed by atoms with Crippen LogP contribution in [0.25, 0.3) is 0 Å². The summed E-state index contributed by atoms with van der Waals surface area (Å²) in [5.41, 5.74) is 0. The molecule has 0 unspecified atom stereocenters. The molecule has 0 saturated heterocycles. The third-order valence-corrected chi connectivity index (χ3v) is 1.27. The molecule has 0 atom stereocenters. The summed E-state index contributed by atoms with van der Waals surface area (Å²) in [6, 6.07) is 0. The summed E-state index contributed by atoms with van der Waals surface area (Å²) in [6.45, 7) is 1.92. The first-order valence-electron chi connectivity index (χ1n) is 1.76. The van der Waals surface area contributed by atoms with Gasteiger partial charge in [0.05, 0.1) is 34.6 Å². The molecule has 4 heteroatoms. The molecule has 7 heavy (non-hydrogen) atoms. The highest BCUT2D eigenvalue weighted by Crippen LogP contribution is 2.05. The van der Waals surface area contributed by atoms with E-state index >= 15 is 0 Å². The molecule has 0 aromatic carbocycles. The van der Waals surface area contributed by atoms with E-state index in [1.165, 1.54) is 0 Å². The zero-order valence-corrected chi connectivity index (χ0v) is 6.78. The van der Waals surface area contributed by atoms with Crippen molar-refractivity contribution in [3.63, 3.8) is 0 Å². The van der Waals surface area contributed by atoms with Crippen LogP contribution in [0.4, 0.5) is 4.79 Å². The Balaban J connectivity index is 2.82. The predicted octanol–water partition coefficient (Wildman–Crippen LogP) is 2.23. The number of carbonyl (C=O) groups is 1. The van der Waals surface area contributed by atoms with Gasteiger partial charge in [0.1, 0.15) is 0 Å². The molecule has 0 heterocycles. The lowest BCUT2D eigenvalue weighted by Gasteiger charge is -1.89. The number of halogens is 1. The van der Waals surface area contributed by atoms with Crippen LogP contribution in [-0.2, 0) is 4.18 Å². The van der Waals surface area contributed by atoms with Gasteiger partial charge < -0.3 is 4.18 Å². The van der Waals surface area contributed by atoms with Gasteiger partial charge in [-0.2, -0.15) is 0 Å². The van der Waals surface area contributed by atoms with Gasteiger partial charge in [0.15, 0.2) is 0 Å². The fourth-order valence-corrected chi connectivity index (χ4v) is 0.697. The van der Waals surface area contributed by atoms with Crippen LogP contribution in [0.5, 0.6) is 0 Å². The topological polar surface area (TPSA) is 26.3 Å². The second-order valence-electron chi connectivity index (χ2n) is 0.727. The van der Waals surface area contributed by atoms with Crippen molar-refractivity contribution in [1.29, 1.82) is 0 Å². The van der Waals surface area contributed by atoms with Crippen LogP contribution in [0.15, 0.2) is 0 Å². The highest BCUT2D eigenvalue weighted by molar-refractivity contribution is 14.1. The Hall–Kier alpha value is 0.550. The Labute approximate surface area is 60.3 Å². The van der Waals surface area contributed by atoms with Gasteiger partial charge in [-0.3, -0.25) is 0 Å². The molecule has 0 N–H and O–H groups in total. The molecule has 2 nitrogen and oxygen atoms in total. The van der Waals surface area contributed by atoms with Crippen molar-refractivity contribution in [2.24, 2.45) is 0 Å². The molecular weight excluding hydrogens is 227 g/mol. The summed E-state index contributed by atoms with van der Waals surface area (Å²) in [7, 11) is 0. The smallest absolute Gasteiger partial charge is 0.379 e. The van der Waals surface area contributed by atoms with E-state index in [1.54, 1.807) is 22.6 Å². The first-order valence-corrected chi connectivity index (χ1v) is 3.75. The molecular formula is C3H5IO2S. The van der Waals surface area contributed by atoms with Crippen LogP contribution in [0, 0.1) is 0 Å². The van der Waals surface area contributed by atoms with Crippen LogP contribution >= 0.6 is 34.6 Å². The third kappa shape index (κ3) is 6.55. The highest BCUT2D eigenvalue weighted by Gasteiger charge is 1.90. The monoisotopic (exact) mass is 232 g/mol. The van der Waals surface area contributed by atoms with Gasteiger partial charge in [0.25, 0.3) is 0 Å². The lowest BCUT2D eigenvalue weighted by atomic mass is 11.0. The van der Waals surface area contributed by atoms with Crippen molar-refractivity contribution in [3.8, 4) is 0 Å². The second kappa shape index (κ2) is 4.70. The zero-order chi connectivity index (χ0) is 5.70. The van der Waals surface area contributed by atoms with E-state index in [9.17, 15) is 4.79 Å². The molecule has 0 aromatic heterocycles. The molecule has 0 bridgehead atoms. The summed E-state index contributed by atoms with van der Waals surface area (Å²) in [6.07, 6.45) is 0. The predicted molar refractivity (Wildman–Crippen MR) is 38.6 cm³/mol. The van der Waals surface area contributed by atoms with E-state index < -0.39 is 0 Å². The minimum absolute atomic E-state index is 0.260. The third-order valence-electron chi connectivity index (χ3n) is 0.242. The van der Waals surface area contributed by atoms with Gasteiger partial charge in [-0.1, -0.05) is 6.92 Å². The van der Waals surface area contributed by atoms with E-state index in [-0.39, 0.29) is 3.98 Å². The summed E-state index contributed by atoms with van der Waals surface area (Å²) in [5, 5.41) is 0. The standard InChI is InChI=1S/C3H5IO2S/c1-2-7-6-3(4)5/h2H2,1H3. The number of hydrogen-bond acceptors (Lipinski definition) is 3. The van der Waals surface area contributed by atoms with Crippen LogP contribution in [0.3, 0.4) is 0 Å². The van der Waals surface area contributed by atoms with Gasteiger partial charge in [-0.15, -0.1) is 0 Å². The Bertz CT molecular complexity index is 66.0. The highest BCUT2D eigenvalue weighted by atomic mass is 127. The van der Waals surface area contributed by atoms with E-state index in [0.717, 1.165) is 17.8 Å². The van der Waals surface area contributed by atoms with Gasteiger partial charge in [0.2, 0.25) is 0 Å². The maximum absolute atomic E-state index is 9.95. The molecule has 0 rings (SSSR count). The normalized spacial score (nSPS) is 8.29. The lowest BCUT2D eigenvalue weighted by Crippen LogP contribution is -1.80. The van der Waals surface area contributed by atoms with Crippen molar-refractivity contribution in [3.05, 3.63) is 0 Å². The molecule has 0 amide bonds. The quantitative estimate of drug-likeness (QED) is 0.415. The molecule has 42 valence electrons. The van der Waals surface area contributed by atoms with Gasteiger partial charge >= 0.3 is 3.98 Å². The Morgan fingerprint density at radius 3 is 2.71 bits per heavy atom. The van der Waals surface area contributed by atoms with E-state index in [4.69, 9.17) is 0 Å². The molecule has 0 spiro atoms. The zero-order valence-electron chi connectivity index (χ0n) is 3.81. The van der Waals surface area contributed by atoms with Crippen LogP contribution < -0.4 is 0 Å². The van der Waals surface area contributed by atoms with Gasteiger partial charge in [-0.05, 0) is 0 Å². The average Bonchev–Trinajstić information content (AvgIpc) is 1.61. The fourth-order valence-electron chi connectivity index (χ4n) is 0.105. The van der Waals surface area contributed by atoms with Gasteiger partial charge in [0, 0.05) is 5.75 Å². The van der Waals surface area contributed by atoms with E-state index in [2.05, 4.69) is 4.18 Å². The first-order chi connectivity index (χ1) is 3.27. The molecule has 0 fully saturated rings. The Morgan fingerprint density at radius 2 is 2.57 bits per heavy atom. The molecule has 0 aliphatic heterocycles. The lowest BCUT2D eigenvalue weighted by molar-refractivity contribution is 0.237. The number of hydrogen-bond donors (Lipinski definition) is 0. The second-order valence-corrected chi connectivity index (χ2v) is 2.59. The van der Waals surface area contributed by atoms with Crippen molar-refractivity contribution < 1.29 is 8.98 Å². The van der Waals surface area contributed by atoms with Crippen molar-refractivity contribution >= 4 is 38.6 Å². The Kier molecular flexibility index (Phi) is 5.07. The first kappa shape index (κ1) is 7.55. The van der Waals surface area contributed by atoms with Crippen molar-refractivity contribution in [1.82, 2.24) is 0 Å². The summed E-state index contributed by atoms with van der Waals surface area (Å²) >= 11 is 2.74. The van der Waals surface area contributed by atoms with Crippen molar-refractivity contribution in [2.75, 3.05) is 5.75 Å². The number of carbonyl (C=O) groups excluding carboxylic acids is 1. The minimum Gasteiger partial charge on any atom is -0.384 e. The Morgan fingerprint density at radius 1 is 2.00 bits per heavy atom. The molecule has 0 radical (unpaired) electrons. The molecule has 0 aromatic rings. The largest absolute Gasteiger partial charge is 0.384 e. The maximum atomic E-state index is 9.95. The maximum Gasteiger partial charge on any atom is 0.379 e. The fraction of sp³-hybridized carbons (Fsp3) is 0.667. The summed E-state index contributed by atoms with van der Waals surface area (Å²) in [5.74, 6) is 0.814. The number of rotatable bonds is 2. The van der Waals surface area contributed by atoms with Crippen LogP contribution in [0.1, 0.15) is 6.92 Å². The van der Waals surface area contributed by atoms with E-state index in [1.807, 2.05) is 6.92 Å². The molecule has 0 aliphatic rings. The van der Waals surface area contributed by atoms with Crippen LogP contribution in [0.2, 0.25) is 0 Å². The molecule has 0 saturated carbocycles. The summed E-state index contributed by atoms with van der Waals surface area (Å²) in [4.78, 5) is 9.95. The van der Waals surface area contributed by atoms with Crippen LogP contribution in [-0.4, -0.2) is 9.73 Å².